The van der Waals surface area contributed by atoms with E-state index in [0.717, 1.165) is 0 Å². The summed E-state index contributed by atoms with van der Waals surface area (Å²) in [4.78, 5) is 26.8. The monoisotopic (exact) mass is 547 g/mol. The Morgan fingerprint density at radius 3 is 2.42 bits per heavy atom. The Kier molecular flexibility index (Phi) is 8.46. The van der Waals surface area contributed by atoms with E-state index in [4.69, 9.17) is 44.3 Å². The molecule has 188 valence electrons. The molecule has 0 bridgehead atoms. The lowest BCUT2D eigenvalue weighted by Gasteiger charge is -2.18. The molecule has 3 aromatic carbocycles. The average molecular weight is 549 g/mol. The summed E-state index contributed by atoms with van der Waals surface area (Å²) in [6, 6.07) is 17.4. The summed E-state index contributed by atoms with van der Waals surface area (Å²) >= 11 is 18.4. The van der Waals surface area contributed by atoms with Crippen molar-refractivity contribution in [1.29, 1.82) is 0 Å². The Morgan fingerprint density at radius 2 is 1.72 bits per heavy atom. The predicted molar refractivity (Wildman–Crippen MR) is 142 cm³/mol. The van der Waals surface area contributed by atoms with Crippen molar-refractivity contribution in [2.24, 2.45) is 5.92 Å². The molecule has 1 fully saturated rings. The number of benzene rings is 3. The topological polar surface area (TPSA) is 79.9 Å². The number of amides is 2. The highest BCUT2D eigenvalue weighted by molar-refractivity contribution is 6.36. The molecule has 1 atom stereocenters. The Bertz CT molecular complexity index is 1230. The van der Waals surface area contributed by atoms with Crippen molar-refractivity contribution in [3.8, 4) is 11.5 Å². The zero-order valence-electron chi connectivity index (χ0n) is 19.4. The molecule has 10 heteroatoms. The molecule has 0 aromatic heterocycles. The molecule has 0 spiro atoms. The number of nitrogens with zero attached hydrogens (tertiary/aromatic N) is 1. The zero-order chi connectivity index (χ0) is 25.7. The molecule has 1 aliphatic rings. The second kappa shape index (κ2) is 11.7. The van der Waals surface area contributed by atoms with Crippen molar-refractivity contribution in [3.63, 3.8) is 0 Å². The number of carbonyl (C=O) groups is 2. The van der Waals surface area contributed by atoms with Gasteiger partial charge in [0.1, 0.15) is 6.61 Å². The van der Waals surface area contributed by atoms with Gasteiger partial charge in [-0.15, -0.1) is 0 Å². The lowest BCUT2D eigenvalue weighted by molar-refractivity contribution is -0.125. The van der Waals surface area contributed by atoms with Crippen molar-refractivity contribution in [2.45, 2.75) is 20.0 Å². The number of anilines is 2. The van der Waals surface area contributed by atoms with Gasteiger partial charge < -0.3 is 14.4 Å². The highest BCUT2D eigenvalue weighted by Crippen LogP contribution is 2.33. The quantitative estimate of drug-likeness (QED) is 0.315. The molecule has 1 aliphatic heterocycles. The van der Waals surface area contributed by atoms with Crippen molar-refractivity contribution < 1.29 is 19.1 Å². The lowest BCUT2D eigenvalue weighted by Crippen LogP contribution is -2.36. The van der Waals surface area contributed by atoms with Crippen LogP contribution in [0.4, 0.5) is 11.4 Å². The van der Waals surface area contributed by atoms with E-state index >= 15 is 0 Å². The van der Waals surface area contributed by atoms with Gasteiger partial charge in [0.05, 0.1) is 18.2 Å². The average Bonchev–Trinajstić information content (AvgIpc) is 3.25. The molecule has 4 rings (SSSR count). The van der Waals surface area contributed by atoms with E-state index in [9.17, 15) is 9.59 Å². The van der Waals surface area contributed by atoms with Crippen molar-refractivity contribution in [3.05, 3.63) is 81.3 Å². The smallest absolute Gasteiger partial charge is 0.243 e. The third kappa shape index (κ3) is 6.16. The first-order valence-corrected chi connectivity index (χ1v) is 12.4. The Labute approximate surface area is 224 Å². The van der Waals surface area contributed by atoms with Gasteiger partial charge in [-0.05, 0) is 55.5 Å². The lowest BCUT2D eigenvalue weighted by atomic mass is 10.1. The maximum Gasteiger partial charge on any atom is 0.243 e. The van der Waals surface area contributed by atoms with Crippen molar-refractivity contribution in [2.75, 3.05) is 23.5 Å². The van der Waals surface area contributed by atoms with Crippen LogP contribution < -0.4 is 25.2 Å². The molecule has 1 heterocycles. The number of hydrogen-bond acceptors (Lipinski definition) is 5. The number of rotatable bonds is 9. The molecule has 0 radical (unpaired) electrons. The van der Waals surface area contributed by atoms with E-state index in [-0.39, 0.29) is 31.4 Å². The Morgan fingerprint density at radius 1 is 1.00 bits per heavy atom. The first kappa shape index (κ1) is 25.9. The minimum Gasteiger partial charge on any atom is -0.490 e. The molecule has 7 nitrogen and oxygen atoms in total. The van der Waals surface area contributed by atoms with Crippen LogP contribution >= 0.6 is 34.8 Å². The van der Waals surface area contributed by atoms with Crippen LogP contribution in [0.25, 0.3) is 0 Å². The Hall–Kier alpha value is -3.13. The van der Waals surface area contributed by atoms with E-state index in [2.05, 4.69) is 10.9 Å². The van der Waals surface area contributed by atoms with Gasteiger partial charge in [0.25, 0.3) is 0 Å². The van der Waals surface area contributed by atoms with E-state index < -0.39 is 5.92 Å². The van der Waals surface area contributed by atoms with Crippen LogP contribution in [0, 0.1) is 5.92 Å². The predicted octanol–water partition coefficient (Wildman–Crippen LogP) is 6.12. The fraction of sp³-hybridized carbons (Fsp3) is 0.231. The molecular formula is C26H24Cl3N3O4. The van der Waals surface area contributed by atoms with Gasteiger partial charge in [-0.1, -0.05) is 40.9 Å². The number of halogens is 3. The summed E-state index contributed by atoms with van der Waals surface area (Å²) in [5, 5.41) is 1.61. The summed E-state index contributed by atoms with van der Waals surface area (Å²) in [5.41, 5.74) is 7.56. The number of hydrogen-bond donors (Lipinski definition) is 2. The van der Waals surface area contributed by atoms with Crippen molar-refractivity contribution in [1.82, 2.24) is 5.43 Å². The summed E-state index contributed by atoms with van der Waals surface area (Å²) in [6.45, 7) is 2.74. The van der Waals surface area contributed by atoms with Gasteiger partial charge in [0.15, 0.2) is 11.5 Å². The second-order valence-corrected chi connectivity index (χ2v) is 9.33. The summed E-state index contributed by atoms with van der Waals surface area (Å²) in [7, 11) is 0. The van der Waals surface area contributed by atoms with Gasteiger partial charge in [0.2, 0.25) is 11.8 Å². The molecule has 0 aliphatic carbocycles. The van der Waals surface area contributed by atoms with Gasteiger partial charge in [-0.2, -0.15) is 0 Å². The maximum absolute atomic E-state index is 12.7. The van der Waals surface area contributed by atoms with Crippen LogP contribution in [0.2, 0.25) is 15.1 Å². The van der Waals surface area contributed by atoms with Crippen LogP contribution in [-0.4, -0.2) is 25.0 Å². The van der Waals surface area contributed by atoms with E-state index in [1.165, 1.54) is 0 Å². The molecule has 0 saturated carbocycles. The minimum atomic E-state index is -0.491. The molecule has 3 aromatic rings. The maximum atomic E-state index is 12.7. The molecule has 0 unspecified atom stereocenters. The first-order chi connectivity index (χ1) is 17.4. The molecular weight excluding hydrogens is 525 g/mol. The minimum absolute atomic E-state index is 0.115. The van der Waals surface area contributed by atoms with Gasteiger partial charge in [-0.25, -0.2) is 0 Å². The standard InChI is InChI=1S/C26H24Cl3N3O4/c1-2-35-24-13-18(8-11-23(24)36-15-20-21(28)4-3-5-22(20)29)30-31-26(34)16-12-25(33)32(14-16)19-9-6-17(27)7-10-19/h3-11,13,16,30H,2,12,14-15H2,1H3,(H,31,34)/t16-/m0/s1. The van der Waals surface area contributed by atoms with Gasteiger partial charge in [-0.3, -0.25) is 20.4 Å². The highest BCUT2D eigenvalue weighted by atomic mass is 35.5. The summed E-state index contributed by atoms with van der Waals surface area (Å²) in [6.07, 6.45) is 0.123. The van der Waals surface area contributed by atoms with Crippen LogP contribution in [-0.2, 0) is 16.2 Å². The third-order valence-electron chi connectivity index (χ3n) is 5.64. The summed E-state index contributed by atoms with van der Waals surface area (Å²) < 4.78 is 11.6. The molecule has 2 N–H and O–H groups in total. The molecule has 2 amide bonds. The number of hydrazine groups is 1. The van der Waals surface area contributed by atoms with Gasteiger partial charge >= 0.3 is 0 Å². The van der Waals surface area contributed by atoms with Gasteiger partial charge in [0, 0.05) is 45.4 Å². The highest BCUT2D eigenvalue weighted by Gasteiger charge is 2.35. The van der Waals surface area contributed by atoms with E-state index in [1.54, 1.807) is 65.6 Å². The Balaban J connectivity index is 1.37. The fourth-order valence-corrected chi connectivity index (χ4v) is 4.42. The molecule has 36 heavy (non-hydrogen) atoms. The largest absolute Gasteiger partial charge is 0.490 e. The molecule has 1 saturated heterocycles. The van der Waals surface area contributed by atoms with E-state index in [1.807, 2.05) is 6.92 Å². The second-order valence-electron chi connectivity index (χ2n) is 8.08. The van der Waals surface area contributed by atoms with Crippen LogP contribution in [0.1, 0.15) is 18.9 Å². The number of nitrogens with one attached hydrogen (secondary N) is 2. The fourth-order valence-electron chi connectivity index (χ4n) is 3.78. The van der Waals surface area contributed by atoms with E-state index in [0.29, 0.717) is 50.1 Å². The SMILES string of the molecule is CCOc1cc(NNC(=O)[C@H]2CC(=O)N(c3ccc(Cl)cc3)C2)ccc1OCc1c(Cl)cccc1Cl. The number of ether oxygens (including phenoxy) is 2. The van der Waals surface area contributed by atoms with Crippen LogP contribution in [0.5, 0.6) is 11.5 Å². The summed E-state index contributed by atoms with van der Waals surface area (Å²) in [5.74, 6) is 0.104. The first-order valence-electron chi connectivity index (χ1n) is 11.3. The number of carbonyl (C=O) groups excluding carboxylic acids is 2. The van der Waals surface area contributed by atoms with Crippen molar-refractivity contribution >= 4 is 58.0 Å². The zero-order valence-corrected chi connectivity index (χ0v) is 21.7. The van der Waals surface area contributed by atoms with Crippen LogP contribution in [0.3, 0.4) is 0 Å². The van der Waals surface area contributed by atoms with Crippen LogP contribution in [0.15, 0.2) is 60.7 Å². The normalized spacial score (nSPS) is 15.1. The third-order valence-corrected chi connectivity index (χ3v) is 6.60.